The lowest BCUT2D eigenvalue weighted by Gasteiger charge is -2.14. The van der Waals surface area contributed by atoms with Crippen molar-refractivity contribution in [3.8, 4) is 0 Å². The lowest BCUT2D eigenvalue weighted by molar-refractivity contribution is -0.140. The fourth-order valence-corrected chi connectivity index (χ4v) is 1.52. The Kier molecular flexibility index (Phi) is 6.58. The van der Waals surface area contributed by atoms with E-state index in [0.717, 1.165) is 0 Å². The summed E-state index contributed by atoms with van der Waals surface area (Å²) in [5, 5.41) is 22.2. The molecule has 0 spiro atoms. The number of nitrogens with zero attached hydrogens (tertiary/aromatic N) is 2. The summed E-state index contributed by atoms with van der Waals surface area (Å²) in [4.78, 5) is 40.6. The van der Waals surface area contributed by atoms with Gasteiger partial charge in [0.05, 0.1) is 12.2 Å². The predicted octanol–water partition coefficient (Wildman–Crippen LogP) is -0.0161. The van der Waals surface area contributed by atoms with Crippen molar-refractivity contribution in [2.75, 3.05) is 0 Å². The van der Waals surface area contributed by atoms with Gasteiger partial charge in [-0.15, -0.1) is 0 Å². The first kappa shape index (κ1) is 16.3. The molecule has 4 N–H and O–H groups in total. The van der Waals surface area contributed by atoms with Crippen LogP contribution in [0.1, 0.15) is 25.0 Å². The topological polar surface area (TPSA) is 142 Å². The number of nitrogens with one attached hydrogen (secondary N) is 2. The molecular formula is C12H16N4O5. The van der Waals surface area contributed by atoms with Crippen LogP contribution < -0.4 is 10.6 Å². The highest BCUT2D eigenvalue weighted by atomic mass is 16.4. The minimum absolute atomic E-state index is 0.0442. The quantitative estimate of drug-likeness (QED) is 0.528. The molecule has 1 heterocycles. The number of aliphatic carboxylic acids is 2. The monoisotopic (exact) mass is 296 g/mol. The van der Waals surface area contributed by atoms with Crippen molar-refractivity contribution in [2.24, 2.45) is 0 Å². The zero-order valence-electron chi connectivity index (χ0n) is 11.2. The average Bonchev–Trinajstić information content (AvgIpc) is 2.44. The smallest absolute Gasteiger partial charge is 0.326 e. The van der Waals surface area contributed by atoms with E-state index in [-0.39, 0.29) is 25.8 Å². The van der Waals surface area contributed by atoms with Crippen LogP contribution in [0.25, 0.3) is 0 Å². The summed E-state index contributed by atoms with van der Waals surface area (Å²) >= 11 is 0. The van der Waals surface area contributed by atoms with Crippen molar-refractivity contribution < 1.29 is 24.6 Å². The number of carboxylic acid groups (broad SMARTS) is 2. The number of urea groups is 1. The number of amides is 2. The Hall–Kier alpha value is -2.71. The van der Waals surface area contributed by atoms with Gasteiger partial charge >= 0.3 is 18.0 Å². The van der Waals surface area contributed by atoms with Gasteiger partial charge in [-0.3, -0.25) is 4.79 Å². The maximum Gasteiger partial charge on any atom is 0.326 e. The van der Waals surface area contributed by atoms with Crippen molar-refractivity contribution in [3.63, 3.8) is 0 Å². The summed E-state index contributed by atoms with van der Waals surface area (Å²) in [5.74, 6) is -2.22. The van der Waals surface area contributed by atoms with Gasteiger partial charge in [0.15, 0.2) is 0 Å². The molecule has 1 atom stereocenters. The molecule has 0 saturated heterocycles. The minimum atomic E-state index is -1.21. The Morgan fingerprint density at radius 1 is 1.29 bits per heavy atom. The molecule has 0 saturated carbocycles. The minimum Gasteiger partial charge on any atom is -0.481 e. The molecule has 1 aromatic rings. The molecule has 0 aliphatic carbocycles. The van der Waals surface area contributed by atoms with Crippen LogP contribution in [0, 0.1) is 0 Å². The summed E-state index contributed by atoms with van der Waals surface area (Å²) in [6.45, 7) is 0.135. The van der Waals surface area contributed by atoms with Crippen molar-refractivity contribution in [1.82, 2.24) is 20.6 Å². The fourth-order valence-electron chi connectivity index (χ4n) is 1.52. The van der Waals surface area contributed by atoms with Crippen LogP contribution in [-0.2, 0) is 16.1 Å². The Bertz CT molecular complexity index is 494. The van der Waals surface area contributed by atoms with Gasteiger partial charge in [0, 0.05) is 12.6 Å². The highest BCUT2D eigenvalue weighted by molar-refractivity contribution is 5.82. The standard InChI is InChI=1S/C12H16N4O5/c17-10(18)3-1-2-9(11(19)20)16-12(21)14-6-8-4-5-13-7-15-8/h4-5,7,9H,1-3,6H2,(H,17,18)(H,19,20)(H2,14,16,21)/t9-/m1/s1. The van der Waals surface area contributed by atoms with Crippen molar-refractivity contribution in [1.29, 1.82) is 0 Å². The average molecular weight is 296 g/mol. The molecule has 0 unspecified atom stereocenters. The molecule has 114 valence electrons. The second kappa shape index (κ2) is 8.46. The zero-order valence-corrected chi connectivity index (χ0v) is 11.2. The second-order valence-corrected chi connectivity index (χ2v) is 4.20. The highest BCUT2D eigenvalue weighted by Gasteiger charge is 2.19. The SMILES string of the molecule is O=C(O)CCC[C@@H](NC(=O)NCc1ccncn1)C(=O)O. The van der Waals surface area contributed by atoms with Gasteiger partial charge in [-0.2, -0.15) is 0 Å². The Labute approximate surface area is 120 Å². The van der Waals surface area contributed by atoms with E-state index in [0.29, 0.717) is 5.69 Å². The molecule has 1 aromatic heterocycles. The molecule has 0 bridgehead atoms. The lowest BCUT2D eigenvalue weighted by atomic mass is 10.1. The van der Waals surface area contributed by atoms with Gasteiger partial charge in [-0.1, -0.05) is 0 Å². The molecule has 0 fully saturated rings. The molecule has 21 heavy (non-hydrogen) atoms. The van der Waals surface area contributed by atoms with Gasteiger partial charge in [-0.05, 0) is 18.9 Å². The summed E-state index contributed by atoms with van der Waals surface area (Å²) < 4.78 is 0. The van der Waals surface area contributed by atoms with Crippen LogP contribution in [-0.4, -0.2) is 44.2 Å². The first-order valence-corrected chi connectivity index (χ1v) is 6.23. The number of carbonyl (C=O) groups is 3. The molecule has 0 aromatic carbocycles. The molecule has 9 nitrogen and oxygen atoms in total. The second-order valence-electron chi connectivity index (χ2n) is 4.20. The molecule has 1 rings (SSSR count). The molecule has 9 heteroatoms. The normalized spacial score (nSPS) is 11.4. The van der Waals surface area contributed by atoms with E-state index in [2.05, 4.69) is 20.6 Å². The van der Waals surface area contributed by atoms with E-state index >= 15 is 0 Å². The van der Waals surface area contributed by atoms with Crippen LogP contribution in [0.3, 0.4) is 0 Å². The Balaban J connectivity index is 2.38. The molecule has 0 aliphatic heterocycles. The fraction of sp³-hybridized carbons (Fsp3) is 0.417. The predicted molar refractivity (Wildman–Crippen MR) is 70.3 cm³/mol. The Morgan fingerprint density at radius 3 is 2.62 bits per heavy atom. The largest absolute Gasteiger partial charge is 0.481 e. The maximum atomic E-state index is 11.6. The van der Waals surface area contributed by atoms with Crippen LogP contribution in [0.2, 0.25) is 0 Å². The number of rotatable bonds is 8. The van der Waals surface area contributed by atoms with E-state index < -0.39 is 24.0 Å². The summed E-state index contributed by atoms with van der Waals surface area (Å²) in [6.07, 6.45) is 2.92. The van der Waals surface area contributed by atoms with Gasteiger partial charge < -0.3 is 20.8 Å². The first-order valence-electron chi connectivity index (χ1n) is 6.23. The molecular weight excluding hydrogens is 280 g/mol. The van der Waals surface area contributed by atoms with E-state index in [4.69, 9.17) is 10.2 Å². The number of carboxylic acids is 2. The number of carbonyl (C=O) groups excluding carboxylic acids is 1. The summed E-state index contributed by atoms with van der Waals surface area (Å²) in [7, 11) is 0. The van der Waals surface area contributed by atoms with Gasteiger partial charge in [0.2, 0.25) is 0 Å². The molecule has 0 radical (unpaired) electrons. The number of hydrogen-bond acceptors (Lipinski definition) is 5. The van der Waals surface area contributed by atoms with Gasteiger partial charge in [-0.25, -0.2) is 19.6 Å². The van der Waals surface area contributed by atoms with Crippen molar-refractivity contribution in [2.45, 2.75) is 31.8 Å². The Morgan fingerprint density at radius 2 is 2.05 bits per heavy atom. The van der Waals surface area contributed by atoms with E-state index in [1.807, 2.05) is 0 Å². The van der Waals surface area contributed by atoms with Gasteiger partial charge in [0.1, 0.15) is 12.4 Å². The summed E-state index contributed by atoms with van der Waals surface area (Å²) in [6, 6.07) is -0.173. The van der Waals surface area contributed by atoms with Gasteiger partial charge in [0.25, 0.3) is 0 Å². The van der Waals surface area contributed by atoms with Crippen LogP contribution in [0.4, 0.5) is 4.79 Å². The zero-order chi connectivity index (χ0) is 15.7. The molecule has 0 aliphatic rings. The van der Waals surface area contributed by atoms with Crippen molar-refractivity contribution >= 4 is 18.0 Å². The third-order valence-electron chi connectivity index (χ3n) is 2.56. The van der Waals surface area contributed by atoms with E-state index in [1.165, 1.54) is 12.5 Å². The highest BCUT2D eigenvalue weighted by Crippen LogP contribution is 2.02. The lowest BCUT2D eigenvalue weighted by Crippen LogP contribution is -2.45. The molecule has 2 amide bonds. The number of hydrogen-bond donors (Lipinski definition) is 4. The van der Waals surface area contributed by atoms with Crippen LogP contribution >= 0.6 is 0 Å². The van der Waals surface area contributed by atoms with E-state index in [9.17, 15) is 14.4 Å². The maximum absolute atomic E-state index is 11.6. The van der Waals surface area contributed by atoms with Crippen LogP contribution in [0.15, 0.2) is 18.6 Å². The third-order valence-corrected chi connectivity index (χ3v) is 2.56. The first-order chi connectivity index (χ1) is 9.99. The van der Waals surface area contributed by atoms with Crippen molar-refractivity contribution in [3.05, 3.63) is 24.3 Å². The number of aromatic nitrogens is 2. The third kappa shape index (κ3) is 6.85. The van der Waals surface area contributed by atoms with E-state index in [1.54, 1.807) is 6.07 Å². The van der Waals surface area contributed by atoms with Crippen LogP contribution in [0.5, 0.6) is 0 Å². The summed E-state index contributed by atoms with van der Waals surface area (Å²) in [5.41, 5.74) is 0.581.